The third-order valence-electron chi connectivity index (χ3n) is 6.03. The topological polar surface area (TPSA) is 49.4 Å². The Balaban J connectivity index is 1.44. The molecule has 0 aromatic heterocycles. The summed E-state index contributed by atoms with van der Waals surface area (Å²) >= 11 is 4.32. The third-order valence-corrected chi connectivity index (χ3v) is 10.1. The first-order valence-corrected chi connectivity index (χ1v) is 11.4. The number of nitrogens with zero attached hydrogens (tertiary/aromatic N) is 1. The fraction of sp³-hybridized carbons (Fsp3) is 0.600. The van der Waals surface area contributed by atoms with Crippen LogP contribution in [-0.2, 0) is 4.79 Å². The van der Waals surface area contributed by atoms with Gasteiger partial charge in [-0.15, -0.1) is 23.5 Å². The maximum absolute atomic E-state index is 12.9. The number of amides is 2. The van der Waals surface area contributed by atoms with Crippen molar-refractivity contribution < 1.29 is 9.59 Å². The van der Waals surface area contributed by atoms with Crippen molar-refractivity contribution in [3.05, 3.63) is 29.8 Å². The van der Waals surface area contributed by atoms with E-state index in [0.717, 1.165) is 18.5 Å². The molecule has 2 bridgehead atoms. The molecule has 2 aliphatic carbocycles. The summed E-state index contributed by atoms with van der Waals surface area (Å²) in [7, 11) is 3.47. The van der Waals surface area contributed by atoms with Gasteiger partial charge >= 0.3 is 0 Å². The quantitative estimate of drug-likeness (QED) is 0.849. The van der Waals surface area contributed by atoms with Crippen LogP contribution < -0.4 is 5.32 Å². The van der Waals surface area contributed by atoms with E-state index in [4.69, 9.17) is 0 Å². The fourth-order valence-electron chi connectivity index (χ4n) is 4.85. The lowest BCUT2D eigenvalue weighted by Crippen LogP contribution is -2.41. The molecular weight excluding hydrogens is 364 g/mol. The van der Waals surface area contributed by atoms with Gasteiger partial charge in [-0.2, -0.15) is 0 Å². The summed E-state index contributed by atoms with van der Waals surface area (Å²) in [5, 5.41) is 3.07. The molecule has 2 unspecified atom stereocenters. The van der Waals surface area contributed by atoms with Crippen LogP contribution in [0.25, 0.3) is 0 Å². The first-order chi connectivity index (χ1) is 12.5. The molecule has 6 heteroatoms. The predicted molar refractivity (Wildman–Crippen MR) is 110 cm³/mol. The van der Waals surface area contributed by atoms with Crippen LogP contribution in [0.2, 0.25) is 0 Å². The summed E-state index contributed by atoms with van der Waals surface area (Å²) in [6, 6.07) is 7.27. The van der Waals surface area contributed by atoms with E-state index in [0.29, 0.717) is 21.5 Å². The van der Waals surface area contributed by atoms with Crippen LogP contribution in [0.4, 0.5) is 5.69 Å². The fourth-order valence-corrected chi connectivity index (χ4v) is 8.78. The van der Waals surface area contributed by atoms with E-state index in [1.807, 2.05) is 12.1 Å². The standard InChI is InChI=1S/C20H26N2O2S2/c1-22(2)19(24)13-4-3-5-17(12-13)21-18(23)14-10-15-6-7-16(11-14)20(15)25-8-9-26-20/h3-5,12,14-16H,6-11H2,1-2H3,(H,21,23). The highest BCUT2D eigenvalue weighted by Gasteiger charge is 2.57. The van der Waals surface area contributed by atoms with Crippen molar-refractivity contribution in [1.82, 2.24) is 4.90 Å². The van der Waals surface area contributed by atoms with Gasteiger partial charge < -0.3 is 10.2 Å². The van der Waals surface area contributed by atoms with Crippen molar-refractivity contribution in [2.45, 2.75) is 29.8 Å². The average Bonchev–Trinajstić information content (AvgIpc) is 3.16. The van der Waals surface area contributed by atoms with Crippen molar-refractivity contribution in [2.24, 2.45) is 17.8 Å². The largest absolute Gasteiger partial charge is 0.345 e. The highest BCUT2D eigenvalue weighted by molar-refractivity contribution is 8.21. The Labute approximate surface area is 163 Å². The van der Waals surface area contributed by atoms with Gasteiger partial charge in [0.1, 0.15) is 0 Å². The van der Waals surface area contributed by atoms with Crippen LogP contribution in [0.1, 0.15) is 36.0 Å². The second-order valence-corrected chi connectivity index (χ2v) is 10.8. The van der Waals surface area contributed by atoms with Gasteiger partial charge in [0.25, 0.3) is 5.91 Å². The Morgan fingerprint density at radius 1 is 1.12 bits per heavy atom. The zero-order chi connectivity index (χ0) is 18.3. The van der Waals surface area contributed by atoms with E-state index in [2.05, 4.69) is 28.8 Å². The van der Waals surface area contributed by atoms with Crippen LogP contribution in [0, 0.1) is 17.8 Å². The van der Waals surface area contributed by atoms with Gasteiger partial charge in [0.2, 0.25) is 5.91 Å². The second kappa shape index (κ2) is 7.12. The smallest absolute Gasteiger partial charge is 0.253 e. The number of nitrogens with one attached hydrogen (secondary N) is 1. The number of carbonyl (C=O) groups excluding carboxylic acids is 2. The zero-order valence-electron chi connectivity index (χ0n) is 15.4. The first kappa shape index (κ1) is 18.2. The summed E-state index contributed by atoms with van der Waals surface area (Å²) in [5.74, 6) is 4.07. The minimum atomic E-state index is -0.0472. The first-order valence-electron chi connectivity index (χ1n) is 9.40. The third kappa shape index (κ3) is 3.15. The number of carbonyl (C=O) groups is 2. The van der Waals surface area contributed by atoms with Gasteiger partial charge in [-0.3, -0.25) is 9.59 Å². The Hall–Kier alpha value is -1.14. The van der Waals surface area contributed by atoms with Crippen LogP contribution in [0.15, 0.2) is 24.3 Å². The lowest BCUT2D eigenvalue weighted by atomic mass is 9.79. The minimum Gasteiger partial charge on any atom is -0.345 e. The van der Waals surface area contributed by atoms with Gasteiger partial charge in [-0.25, -0.2) is 0 Å². The summed E-state index contributed by atoms with van der Waals surface area (Å²) in [5.41, 5.74) is 1.33. The molecule has 3 aliphatic rings. The van der Waals surface area contributed by atoms with Crippen LogP contribution in [0.5, 0.6) is 0 Å². The number of thioether (sulfide) groups is 2. The van der Waals surface area contributed by atoms with Gasteiger partial charge in [0, 0.05) is 42.8 Å². The number of hydrogen-bond donors (Lipinski definition) is 1. The van der Waals surface area contributed by atoms with E-state index < -0.39 is 0 Å². The van der Waals surface area contributed by atoms with Crippen LogP contribution >= 0.6 is 23.5 Å². The molecule has 2 amide bonds. The van der Waals surface area contributed by atoms with Crippen molar-refractivity contribution in [3.8, 4) is 0 Å². The number of rotatable bonds is 3. The second-order valence-electron chi connectivity index (χ2n) is 7.83. The summed E-state index contributed by atoms with van der Waals surface area (Å²) in [4.78, 5) is 26.6. The van der Waals surface area contributed by atoms with E-state index in [1.54, 1.807) is 31.1 Å². The molecule has 1 aromatic rings. The molecule has 1 aliphatic heterocycles. The maximum atomic E-state index is 12.9. The highest BCUT2D eigenvalue weighted by atomic mass is 32.2. The monoisotopic (exact) mass is 390 g/mol. The lowest BCUT2D eigenvalue weighted by molar-refractivity contribution is -0.121. The molecule has 3 fully saturated rings. The normalized spacial score (nSPS) is 28.9. The molecule has 4 nitrogen and oxygen atoms in total. The minimum absolute atomic E-state index is 0.0472. The van der Waals surface area contributed by atoms with Crippen molar-refractivity contribution in [1.29, 1.82) is 0 Å². The summed E-state index contributed by atoms with van der Waals surface area (Å²) < 4.78 is 0.412. The number of hydrogen-bond acceptors (Lipinski definition) is 4. The highest BCUT2D eigenvalue weighted by Crippen LogP contribution is 2.65. The van der Waals surface area contributed by atoms with Crippen molar-refractivity contribution in [2.75, 3.05) is 30.9 Å². The Morgan fingerprint density at radius 3 is 2.38 bits per heavy atom. The van der Waals surface area contributed by atoms with Crippen LogP contribution in [0.3, 0.4) is 0 Å². The van der Waals surface area contributed by atoms with E-state index >= 15 is 0 Å². The molecule has 2 atom stereocenters. The Bertz CT molecular complexity index is 700. The van der Waals surface area contributed by atoms with Gasteiger partial charge in [0.15, 0.2) is 0 Å². The molecule has 1 saturated heterocycles. The molecule has 1 N–H and O–H groups in total. The average molecular weight is 391 g/mol. The molecule has 1 aromatic carbocycles. The van der Waals surface area contributed by atoms with E-state index in [-0.39, 0.29) is 17.7 Å². The number of benzene rings is 1. The number of anilines is 1. The van der Waals surface area contributed by atoms with Crippen LogP contribution in [-0.4, -0.2) is 46.4 Å². The van der Waals surface area contributed by atoms with Crippen molar-refractivity contribution >= 4 is 41.0 Å². The summed E-state index contributed by atoms with van der Waals surface area (Å²) in [6.07, 6.45) is 4.58. The zero-order valence-corrected chi connectivity index (χ0v) is 17.0. The van der Waals surface area contributed by atoms with Gasteiger partial charge in [-0.05, 0) is 55.7 Å². The van der Waals surface area contributed by atoms with E-state index in [1.165, 1.54) is 24.3 Å². The molecule has 4 rings (SSSR count). The molecule has 0 radical (unpaired) electrons. The molecular formula is C20H26N2O2S2. The lowest BCUT2D eigenvalue weighted by Gasteiger charge is -2.42. The van der Waals surface area contributed by atoms with Gasteiger partial charge in [-0.1, -0.05) is 6.07 Å². The molecule has 1 spiro atoms. The molecule has 140 valence electrons. The molecule has 1 heterocycles. The maximum Gasteiger partial charge on any atom is 0.253 e. The molecule has 2 saturated carbocycles. The van der Waals surface area contributed by atoms with Gasteiger partial charge in [0.05, 0.1) is 4.08 Å². The summed E-state index contributed by atoms with van der Waals surface area (Å²) in [6.45, 7) is 0. The van der Waals surface area contributed by atoms with E-state index in [9.17, 15) is 9.59 Å². The molecule has 26 heavy (non-hydrogen) atoms. The SMILES string of the molecule is CN(C)C(=O)c1cccc(NC(=O)C2CC3CCC(C2)C32SCCS2)c1. The Kier molecular flexibility index (Phi) is 4.99. The Morgan fingerprint density at radius 2 is 1.77 bits per heavy atom. The predicted octanol–water partition coefficient (Wildman–Crippen LogP) is 3.94. The van der Waals surface area contributed by atoms with Crippen molar-refractivity contribution in [3.63, 3.8) is 0 Å².